The van der Waals surface area contributed by atoms with Crippen molar-refractivity contribution < 1.29 is 59.4 Å². The number of carbonyl (C=O) groups excluding carboxylic acids is 4. The summed E-state index contributed by atoms with van der Waals surface area (Å²) in [5.41, 5.74) is -4.76. The molecule has 5 aliphatic rings. The number of carbonyl (C=O) groups is 4. The van der Waals surface area contributed by atoms with Crippen molar-refractivity contribution in [3.8, 4) is 11.6 Å². The van der Waals surface area contributed by atoms with E-state index in [4.69, 9.17) is 14.2 Å². The highest BCUT2D eigenvalue weighted by molar-refractivity contribution is 7.91. The molecule has 1 aromatic heterocycles. The zero-order chi connectivity index (χ0) is 44.7. The van der Waals surface area contributed by atoms with Gasteiger partial charge in [-0.1, -0.05) is 34.1 Å². The quantitative estimate of drug-likeness (QED) is 0.290. The second-order valence-electron chi connectivity index (χ2n) is 18.9. The Balaban J connectivity index is 1.31. The number of ether oxygens (including phenoxy) is 3. The first-order chi connectivity index (χ1) is 28.4. The molecule has 336 valence electrons. The molecule has 0 radical (unpaired) electrons. The Hall–Kier alpha value is -4.49. The molecule has 2 aliphatic heterocycles. The van der Waals surface area contributed by atoms with Gasteiger partial charge in [-0.3, -0.25) is 19.1 Å². The number of benzene rings is 1. The number of hydrogen-bond donors (Lipinski definition) is 3. The fourth-order valence-electron chi connectivity index (χ4n) is 8.78. The smallest absolute Gasteiger partial charge is 0.408 e. The normalized spacial score (nSPS) is 32.2. The predicted octanol–water partition coefficient (Wildman–Crippen LogP) is 5.35. The standard InChI is InChI=1S/C41H54F4N6O9S/c1-8-23-27-20-51(28(23)32(52)49-40(19-24(40)31(42)43)35(54)50-61(56,57)38(5)15-16-38)34(53)30(37(2,3)4)48-36(55)60-39(6)18-21(39)11-9-10-14-41(44,45)29-33(59-27)47-26-17-22(58-7)12-13-25(26)46-29/h12-13,17,21,23-24,27-28,30-31H,8-11,14-16,18-20H2,1-7H3,(H,48,55)(H,49,52)(H,50,54)/t21-,23-,24?,27+,28+,30-,39-,40-/m1/s1. The van der Waals surface area contributed by atoms with Crippen LogP contribution < -0.4 is 24.8 Å². The lowest BCUT2D eigenvalue weighted by Gasteiger charge is -2.36. The number of nitrogens with zero attached hydrogens (tertiary/aromatic N) is 3. The Morgan fingerprint density at radius 3 is 2.38 bits per heavy atom. The van der Waals surface area contributed by atoms with Crippen LogP contribution in [-0.2, 0) is 35.1 Å². The van der Waals surface area contributed by atoms with Crippen molar-refractivity contribution >= 4 is 44.9 Å². The maximum Gasteiger partial charge on any atom is 0.408 e. The summed E-state index contributed by atoms with van der Waals surface area (Å²) in [6, 6.07) is 1.57. The van der Waals surface area contributed by atoms with E-state index in [1.807, 2.05) is 4.72 Å². The molecule has 1 saturated heterocycles. The van der Waals surface area contributed by atoms with Crippen molar-refractivity contribution in [3.05, 3.63) is 23.9 Å². The van der Waals surface area contributed by atoms with Gasteiger partial charge < -0.3 is 29.7 Å². The highest BCUT2D eigenvalue weighted by atomic mass is 32.2. The van der Waals surface area contributed by atoms with E-state index in [0.29, 0.717) is 25.0 Å². The summed E-state index contributed by atoms with van der Waals surface area (Å²) in [5.74, 6) is -9.93. The lowest BCUT2D eigenvalue weighted by atomic mass is 9.85. The lowest BCUT2D eigenvalue weighted by molar-refractivity contribution is -0.144. The third-order valence-electron chi connectivity index (χ3n) is 13.3. The minimum atomic E-state index is -4.32. The maximum atomic E-state index is 16.4. The number of amides is 4. The molecule has 61 heavy (non-hydrogen) atoms. The first-order valence-electron chi connectivity index (χ1n) is 20.8. The number of alkyl carbamates (subject to hydrolysis) is 1. The van der Waals surface area contributed by atoms with E-state index in [1.54, 1.807) is 40.7 Å². The molecule has 20 heteroatoms. The Kier molecular flexibility index (Phi) is 11.2. The van der Waals surface area contributed by atoms with Gasteiger partial charge in [-0.2, -0.15) is 8.78 Å². The van der Waals surface area contributed by atoms with Gasteiger partial charge in [-0.25, -0.2) is 32.0 Å². The third-order valence-corrected chi connectivity index (χ3v) is 15.5. The Morgan fingerprint density at radius 1 is 1.07 bits per heavy atom. The summed E-state index contributed by atoms with van der Waals surface area (Å²) in [7, 11) is -2.90. The molecular formula is C41H54F4N6O9S. The van der Waals surface area contributed by atoms with Crippen LogP contribution in [0.25, 0.3) is 11.0 Å². The van der Waals surface area contributed by atoms with Crippen LogP contribution in [0, 0.1) is 23.2 Å². The number of fused-ring (bicyclic) bond motifs is 5. The Morgan fingerprint density at radius 2 is 1.77 bits per heavy atom. The van der Waals surface area contributed by atoms with Crippen molar-refractivity contribution in [1.82, 2.24) is 30.2 Å². The van der Waals surface area contributed by atoms with Gasteiger partial charge in [-0.05, 0) is 76.3 Å². The minimum absolute atomic E-state index is 0.0483. The van der Waals surface area contributed by atoms with Crippen LogP contribution in [-0.4, -0.2) is 101 Å². The first-order valence-corrected chi connectivity index (χ1v) is 22.2. The van der Waals surface area contributed by atoms with E-state index in [9.17, 15) is 36.4 Å². The van der Waals surface area contributed by atoms with E-state index < -0.39 is 128 Å². The molecule has 15 nitrogen and oxygen atoms in total. The molecule has 1 unspecified atom stereocenters. The highest BCUT2D eigenvalue weighted by Gasteiger charge is 2.68. The number of aromatic nitrogens is 2. The van der Waals surface area contributed by atoms with E-state index in [2.05, 4.69) is 20.6 Å². The van der Waals surface area contributed by atoms with Crippen molar-refractivity contribution in [1.29, 1.82) is 0 Å². The molecule has 2 aromatic rings. The fraction of sp³-hybridized carbons (Fsp3) is 0.707. The molecule has 8 atom stereocenters. The molecule has 4 amide bonds. The van der Waals surface area contributed by atoms with Crippen molar-refractivity contribution in [3.63, 3.8) is 0 Å². The maximum absolute atomic E-state index is 16.4. The molecular weight excluding hydrogens is 829 g/mol. The van der Waals surface area contributed by atoms with Crippen LogP contribution in [0.4, 0.5) is 22.4 Å². The van der Waals surface area contributed by atoms with E-state index in [-0.39, 0.29) is 42.6 Å². The van der Waals surface area contributed by atoms with Gasteiger partial charge in [0.25, 0.3) is 11.8 Å². The molecule has 3 saturated carbocycles. The SMILES string of the molecule is CC[C@@H]1[C@@H]2CN(C(=O)[C@H](C(C)(C)C)NC(=O)O[C@]3(C)C[C@H]3CCCCC(F)(F)c3nc4ccc(OC)cc4nc3O2)[C@@H]1C(=O)N[C@]1(C(=O)NS(=O)(=O)C2(C)CC2)CC1C(F)F. The van der Waals surface area contributed by atoms with Gasteiger partial charge >= 0.3 is 6.09 Å². The second-order valence-corrected chi connectivity index (χ2v) is 21.1. The number of methoxy groups -OCH3 is 1. The van der Waals surface area contributed by atoms with Crippen LogP contribution >= 0.6 is 0 Å². The second kappa shape index (κ2) is 15.4. The summed E-state index contributed by atoms with van der Waals surface area (Å²) in [6.07, 6.45) is -4.54. The van der Waals surface area contributed by atoms with Gasteiger partial charge in [0.1, 0.15) is 35.1 Å². The van der Waals surface area contributed by atoms with Crippen LogP contribution in [0.5, 0.6) is 11.6 Å². The summed E-state index contributed by atoms with van der Waals surface area (Å²) in [5, 5.41) is 5.09. The Labute approximate surface area is 351 Å². The molecule has 4 fully saturated rings. The van der Waals surface area contributed by atoms with Gasteiger partial charge in [0, 0.05) is 24.3 Å². The van der Waals surface area contributed by atoms with Crippen LogP contribution in [0.1, 0.15) is 105 Å². The van der Waals surface area contributed by atoms with Gasteiger partial charge in [0.2, 0.25) is 34.1 Å². The lowest BCUT2D eigenvalue weighted by Crippen LogP contribution is -2.61. The van der Waals surface area contributed by atoms with Crippen LogP contribution in [0.3, 0.4) is 0 Å². The zero-order valence-electron chi connectivity index (χ0n) is 35.3. The number of hydrogen-bond acceptors (Lipinski definition) is 11. The van der Waals surface area contributed by atoms with Gasteiger partial charge in [0.15, 0.2) is 5.69 Å². The molecule has 3 heterocycles. The molecule has 7 rings (SSSR count). The average Bonchev–Trinajstić information content (AvgIpc) is 4.13. The summed E-state index contributed by atoms with van der Waals surface area (Å²) in [6.45, 7) is 9.35. The van der Waals surface area contributed by atoms with Crippen LogP contribution in [0.15, 0.2) is 18.2 Å². The molecule has 3 aliphatic carbocycles. The number of sulfonamides is 1. The fourth-order valence-corrected chi connectivity index (χ4v) is 10.1. The minimum Gasteiger partial charge on any atom is -0.497 e. The number of rotatable bonds is 8. The number of halogens is 4. The summed E-state index contributed by atoms with van der Waals surface area (Å²) >= 11 is 0. The number of alkyl halides is 4. The average molecular weight is 883 g/mol. The van der Waals surface area contributed by atoms with Gasteiger partial charge in [-0.15, -0.1) is 0 Å². The molecule has 3 N–H and O–H groups in total. The summed E-state index contributed by atoms with van der Waals surface area (Å²) in [4.78, 5) is 66.7. The zero-order valence-corrected chi connectivity index (χ0v) is 36.1. The van der Waals surface area contributed by atoms with E-state index >= 15 is 8.78 Å². The monoisotopic (exact) mass is 882 g/mol. The molecule has 2 bridgehead atoms. The Bertz CT molecular complexity index is 2220. The van der Waals surface area contributed by atoms with E-state index in [0.717, 1.165) is 4.90 Å². The predicted molar refractivity (Wildman–Crippen MR) is 211 cm³/mol. The van der Waals surface area contributed by atoms with Crippen molar-refractivity contribution in [2.24, 2.45) is 23.2 Å². The van der Waals surface area contributed by atoms with Crippen LogP contribution in [0.2, 0.25) is 0 Å². The third kappa shape index (κ3) is 8.41. The van der Waals surface area contributed by atoms with Crippen molar-refractivity contribution in [2.45, 2.75) is 146 Å². The summed E-state index contributed by atoms with van der Waals surface area (Å²) < 4.78 is 106. The van der Waals surface area contributed by atoms with Crippen molar-refractivity contribution in [2.75, 3.05) is 13.7 Å². The number of nitrogens with one attached hydrogen (secondary N) is 3. The highest BCUT2D eigenvalue weighted by Crippen LogP contribution is 2.51. The molecule has 0 spiro atoms. The molecule has 1 aromatic carbocycles. The topological polar surface area (TPSA) is 195 Å². The van der Waals surface area contributed by atoms with E-state index in [1.165, 1.54) is 26.2 Å². The first kappa shape index (κ1) is 44.6. The largest absolute Gasteiger partial charge is 0.497 e. The van der Waals surface area contributed by atoms with Gasteiger partial charge in [0.05, 0.1) is 35.4 Å².